The summed E-state index contributed by atoms with van der Waals surface area (Å²) in [6.07, 6.45) is 3.47. The molecule has 8 nitrogen and oxygen atoms in total. The lowest BCUT2D eigenvalue weighted by molar-refractivity contribution is 0.111. The molecule has 2 aromatic heterocycles. The van der Waals surface area contributed by atoms with Crippen molar-refractivity contribution in [1.29, 1.82) is 0 Å². The summed E-state index contributed by atoms with van der Waals surface area (Å²) in [6, 6.07) is 12.0. The summed E-state index contributed by atoms with van der Waals surface area (Å²) in [4.78, 5) is 13.2. The lowest BCUT2D eigenvalue weighted by Gasteiger charge is -2.34. The number of para-hydroxylation sites is 1. The number of aromatic nitrogens is 3. The number of ether oxygens (including phenoxy) is 2. The normalized spacial score (nSPS) is 15.5. The molecule has 0 radical (unpaired) electrons. The largest absolute Gasteiger partial charge is 0.455 e. The molecule has 0 spiro atoms. The monoisotopic (exact) mass is 395 g/mol. The van der Waals surface area contributed by atoms with Crippen LogP contribution >= 0.6 is 0 Å². The van der Waals surface area contributed by atoms with Crippen molar-refractivity contribution in [3.8, 4) is 11.5 Å². The van der Waals surface area contributed by atoms with Crippen molar-refractivity contribution in [3.05, 3.63) is 66.1 Å². The molecular formula is C21H25N5O3. The predicted molar refractivity (Wildman–Crippen MR) is 106 cm³/mol. The third kappa shape index (κ3) is 5.38. The molecule has 3 heterocycles. The van der Waals surface area contributed by atoms with Crippen LogP contribution in [0.5, 0.6) is 11.5 Å². The predicted octanol–water partition coefficient (Wildman–Crippen LogP) is 2.72. The molecule has 4 rings (SSSR count). The van der Waals surface area contributed by atoms with Gasteiger partial charge in [-0.15, -0.1) is 0 Å². The maximum atomic E-state index is 6.04. The highest BCUT2D eigenvalue weighted by molar-refractivity contribution is 5.37. The van der Waals surface area contributed by atoms with Crippen molar-refractivity contribution in [2.45, 2.75) is 19.7 Å². The average molecular weight is 395 g/mol. The summed E-state index contributed by atoms with van der Waals surface area (Å²) in [5.74, 6) is 2.85. The zero-order valence-corrected chi connectivity index (χ0v) is 16.5. The number of methoxy groups -OCH3 is 1. The van der Waals surface area contributed by atoms with Crippen molar-refractivity contribution >= 4 is 0 Å². The molecule has 1 fully saturated rings. The first kappa shape index (κ1) is 19.5. The van der Waals surface area contributed by atoms with Crippen LogP contribution in [0.3, 0.4) is 0 Å². The fourth-order valence-electron chi connectivity index (χ4n) is 3.35. The van der Waals surface area contributed by atoms with E-state index in [2.05, 4.69) is 37.1 Å². The van der Waals surface area contributed by atoms with Crippen molar-refractivity contribution in [2.75, 3.05) is 33.3 Å². The molecule has 29 heavy (non-hydrogen) atoms. The van der Waals surface area contributed by atoms with Gasteiger partial charge in [0.2, 0.25) is 5.89 Å². The van der Waals surface area contributed by atoms with Gasteiger partial charge in [0, 0.05) is 51.6 Å². The highest BCUT2D eigenvalue weighted by Crippen LogP contribution is 2.26. The Balaban J connectivity index is 1.30. The molecular weight excluding hydrogens is 370 g/mol. The first-order valence-corrected chi connectivity index (χ1v) is 9.71. The molecule has 152 valence electrons. The third-order valence-corrected chi connectivity index (χ3v) is 4.84. The molecule has 1 aliphatic rings. The standard InChI is InChI=1S/C21H25N5O3/c1-27-16-20-23-21(29-24-20)15-26-11-9-25(10-12-26)14-17-5-2-3-7-19(17)28-18-6-4-8-22-13-18/h2-8,13H,9-12,14-16H2,1H3. The summed E-state index contributed by atoms with van der Waals surface area (Å²) in [5, 5.41) is 3.92. The average Bonchev–Trinajstić information content (AvgIpc) is 3.19. The molecule has 1 saturated heterocycles. The molecule has 0 amide bonds. The summed E-state index contributed by atoms with van der Waals surface area (Å²) in [7, 11) is 1.62. The first-order chi connectivity index (χ1) is 14.3. The fraction of sp³-hybridized carbons (Fsp3) is 0.381. The number of nitrogens with zero attached hydrogens (tertiary/aromatic N) is 5. The highest BCUT2D eigenvalue weighted by Gasteiger charge is 2.20. The Bertz CT molecular complexity index is 894. The van der Waals surface area contributed by atoms with Crippen LogP contribution in [-0.2, 0) is 24.4 Å². The summed E-state index contributed by atoms with van der Waals surface area (Å²) >= 11 is 0. The number of hydrogen-bond acceptors (Lipinski definition) is 8. The Hall–Kier alpha value is -2.81. The molecule has 0 N–H and O–H groups in total. The maximum absolute atomic E-state index is 6.04. The zero-order chi connectivity index (χ0) is 19.9. The van der Waals surface area contributed by atoms with E-state index in [1.165, 1.54) is 5.56 Å². The van der Waals surface area contributed by atoms with Gasteiger partial charge in [-0.3, -0.25) is 14.8 Å². The molecule has 0 unspecified atom stereocenters. The zero-order valence-electron chi connectivity index (χ0n) is 16.5. The first-order valence-electron chi connectivity index (χ1n) is 9.71. The van der Waals surface area contributed by atoms with Crippen molar-refractivity contribution < 1.29 is 14.0 Å². The quantitative estimate of drug-likeness (QED) is 0.576. The van der Waals surface area contributed by atoms with Gasteiger partial charge >= 0.3 is 0 Å². The van der Waals surface area contributed by atoms with Gasteiger partial charge in [-0.1, -0.05) is 23.4 Å². The van der Waals surface area contributed by atoms with Gasteiger partial charge in [0.15, 0.2) is 5.82 Å². The number of hydrogen-bond donors (Lipinski definition) is 0. The van der Waals surface area contributed by atoms with E-state index in [1.807, 2.05) is 24.3 Å². The van der Waals surface area contributed by atoms with Gasteiger partial charge < -0.3 is 14.0 Å². The second-order valence-electron chi connectivity index (χ2n) is 6.99. The van der Waals surface area contributed by atoms with E-state index < -0.39 is 0 Å². The molecule has 8 heteroatoms. The smallest absolute Gasteiger partial charge is 0.240 e. The lowest BCUT2D eigenvalue weighted by Crippen LogP contribution is -2.45. The molecule has 1 aromatic carbocycles. The second-order valence-corrected chi connectivity index (χ2v) is 6.99. The number of piperazine rings is 1. The van der Waals surface area contributed by atoms with E-state index >= 15 is 0 Å². The van der Waals surface area contributed by atoms with E-state index in [1.54, 1.807) is 19.5 Å². The maximum Gasteiger partial charge on any atom is 0.240 e. The molecule has 0 bridgehead atoms. The number of pyridine rings is 1. The van der Waals surface area contributed by atoms with Crippen LogP contribution in [0.25, 0.3) is 0 Å². The van der Waals surface area contributed by atoms with Crippen molar-refractivity contribution in [3.63, 3.8) is 0 Å². The Morgan fingerprint density at radius 1 is 1.00 bits per heavy atom. The summed E-state index contributed by atoms with van der Waals surface area (Å²) < 4.78 is 16.4. The minimum absolute atomic E-state index is 0.373. The molecule has 0 saturated carbocycles. The topological polar surface area (TPSA) is 76.8 Å². The van der Waals surface area contributed by atoms with Crippen LogP contribution in [0.1, 0.15) is 17.3 Å². The van der Waals surface area contributed by atoms with Crippen LogP contribution < -0.4 is 4.74 Å². The Labute approximate surface area is 170 Å². The molecule has 0 aliphatic carbocycles. The van der Waals surface area contributed by atoms with Crippen molar-refractivity contribution in [1.82, 2.24) is 24.9 Å². The van der Waals surface area contributed by atoms with Crippen LogP contribution in [0, 0.1) is 0 Å². The Morgan fingerprint density at radius 3 is 2.55 bits per heavy atom. The minimum Gasteiger partial charge on any atom is -0.455 e. The van der Waals surface area contributed by atoms with E-state index in [-0.39, 0.29) is 0 Å². The summed E-state index contributed by atoms with van der Waals surface area (Å²) in [5.41, 5.74) is 1.17. The Kier molecular flexibility index (Phi) is 6.45. The van der Waals surface area contributed by atoms with E-state index in [9.17, 15) is 0 Å². The van der Waals surface area contributed by atoms with Crippen LogP contribution in [0.2, 0.25) is 0 Å². The molecule has 1 aliphatic heterocycles. The number of rotatable bonds is 8. The van der Waals surface area contributed by atoms with Gasteiger partial charge in [0.1, 0.15) is 18.1 Å². The van der Waals surface area contributed by atoms with Crippen LogP contribution in [-0.4, -0.2) is 58.2 Å². The third-order valence-electron chi connectivity index (χ3n) is 4.84. The summed E-state index contributed by atoms with van der Waals surface area (Å²) in [6.45, 7) is 5.74. The van der Waals surface area contributed by atoms with Gasteiger partial charge in [-0.25, -0.2) is 0 Å². The van der Waals surface area contributed by atoms with Crippen LogP contribution in [0.15, 0.2) is 53.3 Å². The molecule has 0 atom stereocenters. The van der Waals surface area contributed by atoms with E-state index in [0.29, 0.717) is 24.9 Å². The fourth-order valence-corrected chi connectivity index (χ4v) is 3.35. The van der Waals surface area contributed by atoms with E-state index in [0.717, 1.165) is 44.2 Å². The number of benzene rings is 1. The van der Waals surface area contributed by atoms with Gasteiger partial charge in [-0.2, -0.15) is 4.98 Å². The van der Waals surface area contributed by atoms with E-state index in [4.69, 9.17) is 14.0 Å². The van der Waals surface area contributed by atoms with Crippen LogP contribution in [0.4, 0.5) is 0 Å². The molecule has 3 aromatic rings. The second kappa shape index (κ2) is 9.60. The van der Waals surface area contributed by atoms with Gasteiger partial charge in [0.25, 0.3) is 0 Å². The van der Waals surface area contributed by atoms with Gasteiger partial charge in [-0.05, 0) is 18.2 Å². The van der Waals surface area contributed by atoms with Crippen molar-refractivity contribution in [2.24, 2.45) is 0 Å². The van der Waals surface area contributed by atoms with Gasteiger partial charge in [0.05, 0.1) is 12.7 Å². The lowest BCUT2D eigenvalue weighted by atomic mass is 10.1. The minimum atomic E-state index is 0.373. The highest BCUT2D eigenvalue weighted by atomic mass is 16.5. The Morgan fingerprint density at radius 2 is 1.79 bits per heavy atom. The SMILES string of the molecule is COCc1noc(CN2CCN(Cc3ccccc3Oc3cccnc3)CC2)n1.